The van der Waals surface area contributed by atoms with Gasteiger partial charge in [0.15, 0.2) is 5.41 Å². The van der Waals surface area contributed by atoms with E-state index in [2.05, 4.69) is 9.97 Å². The summed E-state index contributed by atoms with van der Waals surface area (Å²) >= 11 is 0. The van der Waals surface area contributed by atoms with E-state index in [4.69, 9.17) is 5.11 Å². The number of hydrogen-bond acceptors (Lipinski definition) is 3. The highest BCUT2D eigenvalue weighted by atomic mass is 19.3. The van der Waals surface area contributed by atoms with Crippen molar-refractivity contribution in [2.75, 3.05) is 0 Å². The van der Waals surface area contributed by atoms with Crippen LogP contribution in [0.25, 0.3) is 0 Å². The Morgan fingerprint density at radius 1 is 1.47 bits per heavy atom. The molecule has 0 amide bonds. The first kappa shape index (κ1) is 9.95. The van der Waals surface area contributed by atoms with E-state index in [-0.39, 0.29) is 5.69 Å². The summed E-state index contributed by atoms with van der Waals surface area (Å²) in [4.78, 5) is 18.3. The minimum absolute atomic E-state index is 0.175. The Balaban J connectivity index is 2.45. The third-order valence-electron chi connectivity index (χ3n) is 2.57. The lowest BCUT2D eigenvalue weighted by molar-refractivity contribution is -0.143. The highest BCUT2D eigenvalue weighted by Gasteiger charge is 2.78. The highest BCUT2D eigenvalue weighted by Crippen LogP contribution is 2.61. The average Bonchev–Trinajstić information content (AvgIpc) is 2.72. The molecular formula is C9H8F2N2O2. The third kappa shape index (κ3) is 1.20. The maximum Gasteiger partial charge on any atom is 0.322 e. The van der Waals surface area contributed by atoms with E-state index in [9.17, 15) is 13.6 Å². The van der Waals surface area contributed by atoms with Gasteiger partial charge in [-0.15, -0.1) is 0 Å². The van der Waals surface area contributed by atoms with Gasteiger partial charge >= 0.3 is 5.97 Å². The number of carboxylic acid groups (broad SMARTS) is 1. The molecule has 0 spiro atoms. The first-order chi connectivity index (χ1) is 6.90. The molecule has 6 heteroatoms. The van der Waals surface area contributed by atoms with Crippen molar-refractivity contribution in [3.8, 4) is 0 Å². The second-order valence-electron chi connectivity index (χ2n) is 3.63. The van der Waals surface area contributed by atoms with Gasteiger partial charge in [0.05, 0.1) is 17.6 Å². The Bertz CT molecular complexity index is 419. The number of alkyl halides is 2. The topological polar surface area (TPSA) is 63.1 Å². The number of aryl methyl sites for hydroxylation is 1. The molecule has 1 saturated carbocycles. The first-order valence-corrected chi connectivity index (χ1v) is 4.30. The summed E-state index contributed by atoms with van der Waals surface area (Å²) < 4.78 is 26.1. The summed E-state index contributed by atoms with van der Waals surface area (Å²) in [6, 6.07) is 0. The van der Waals surface area contributed by atoms with Gasteiger partial charge in [0.1, 0.15) is 0 Å². The summed E-state index contributed by atoms with van der Waals surface area (Å²) in [5.41, 5.74) is -1.78. The zero-order valence-corrected chi connectivity index (χ0v) is 7.87. The summed E-state index contributed by atoms with van der Waals surface area (Å²) in [5, 5.41) is 8.81. The molecule has 1 fully saturated rings. The van der Waals surface area contributed by atoms with E-state index >= 15 is 0 Å². The maximum atomic E-state index is 13.0. The van der Waals surface area contributed by atoms with Gasteiger partial charge in [0, 0.05) is 12.6 Å². The van der Waals surface area contributed by atoms with Gasteiger partial charge in [-0.05, 0) is 6.92 Å². The molecule has 0 saturated heterocycles. The van der Waals surface area contributed by atoms with Crippen LogP contribution in [-0.4, -0.2) is 27.0 Å². The third-order valence-corrected chi connectivity index (χ3v) is 2.57. The number of carbonyl (C=O) groups is 1. The Hall–Kier alpha value is -1.59. The molecule has 80 valence electrons. The van der Waals surface area contributed by atoms with Crippen molar-refractivity contribution in [1.29, 1.82) is 0 Å². The van der Waals surface area contributed by atoms with Crippen molar-refractivity contribution in [1.82, 2.24) is 9.97 Å². The van der Waals surface area contributed by atoms with Crippen LogP contribution in [0.5, 0.6) is 0 Å². The zero-order valence-electron chi connectivity index (χ0n) is 7.87. The molecule has 0 aromatic carbocycles. The number of halogens is 2. The summed E-state index contributed by atoms with van der Waals surface area (Å²) in [6.07, 6.45) is 1.69. The second-order valence-corrected chi connectivity index (χ2v) is 3.63. The number of aromatic nitrogens is 2. The molecule has 1 aromatic rings. The Morgan fingerprint density at radius 2 is 2.07 bits per heavy atom. The van der Waals surface area contributed by atoms with Gasteiger partial charge in [-0.1, -0.05) is 0 Å². The molecule has 1 atom stereocenters. The van der Waals surface area contributed by atoms with Gasteiger partial charge < -0.3 is 5.11 Å². The van der Waals surface area contributed by atoms with Crippen molar-refractivity contribution < 1.29 is 18.7 Å². The quantitative estimate of drug-likeness (QED) is 0.801. The highest BCUT2D eigenvalue weighted by molar-refractivity contribution is 5.86. The van der Waals surface area contributed by atoms with Crippen molar-refractivity contribution in [2.45, 2.75) is 24.7 Å². The van der Waals surface area contributed by atoms with Gasteiger partial charge in [-0.2, -0.15) is 0 Å². The lowest BCUT2D eigenvalue weighted by atomic mass is 10.0. The number of carboxylic acids is 1. The van der Waals surface area contributed by atoms with Crippen LogP contribution in [0.1, 0.15) is 17.8 Å². The van der Waals surface area contributed by atoms with Crippen LogP contribution in [0.4, 0.5) is 8.78 Å². The first-order valence-electron chi connectivity index (χ1n) is 4.30. The fraction of sp³-hybridized carbons (Fsp3) is 0.444. The van der Waals surface area contributed by atoms with Crippen molar-refractivity contribution in [2.24, 2.45) is 0 Å². The zero-order chi connectivity index (χ0) is 11.3. The minimum atomic E-state index is -3.22. The molecule has 4 nitrogen and oxygen atoms in total. The molecule has 1 heterocycles. The number of hydrogen-bond donors (Lipinski definition) is 1. The predicted octanol–water partition coefficient (Wildman–Crippen LogP) is 1.15. The fourth-order valence-corrected chi connectivity index (χ4v) is 1.52. The van der Waals surface area contributed by atoms with Crippen LogP contribution in [0.3, 0.4) is 0 Å². The Morgan fingerprint density at radius 3 is 2.40 bits per heavy atom. The monoisotopic (exact) mass is 214 g/mol. The minimum Gasteiger partial charge on any atom is -0.480 e. The molecule has 15 heavy (non-hydrogen) atoms. The van der Waals surface area contributed by atoms with Gasteiger partial charge in [0.25, 0.3) is 5.92 Å². The van der Waals surface area contributed by atoms with Crippen molar-refractivity contribution in [3.05, 3.63) is 23.8 Å². The Labute approximate surface area is 84.0 Å². The summed E-state index contributed by atoms with van der Waals surface area (Å²) in [5.74, 6) is -4.77. The van der Waals surface area contributed by atoms with Crippen molar-refractivity contribution >= 4 is 5.97 Å². The van der Waals surface area contributed by atoms with E-state index in [1.807, 2.05) is 0 Å². The van der Waals surface area contributed by atoms with E-state index in [1.165, 1.54) is 6.20 Å². The maximum absolute atomic E-state index is 13.0. The molecule has 2 rings (SSSR count). The van der Waals surface area contributed by atoms with Crippen molar-refractivity contribution in [3.63, 3.8) is 0 Å². The van der Waals surface area contributed by atoms with E-state index in [1.54, 1.807) is 6.92 Å². The molecular weight excluding hydrogens is 206 g/mol. The second kappa shape index (κ2) is 2.71. The molecule has 1 unspecified atom stereocenters. The number of aliphatic carboxylic acids is 1. The largest absolute Gasteiger partial charge is 0.480 e. The predicted molar refractivity (Wildman–Crippen MR) is 45.6 cm³/mol. The van der Waals surface area contributed by atoms with E-state index in [0.717, 1.165) is 6.20 Å². The Kier molecular flexibility index (Phi) is 1.80. The van der Waals surface area contributed by atoms with Crippen LogP contribution in [-0.2, 0) is 10.2 Å². The SMILES string of the molecule is Cc1cnc(C2(C(=O)O)CC2(F)F)cn1. The molecule has 1 aliphatic rings. The van der Waals surface area contributed by atoms with E-state index < -0.39 is 23.7 Å². The van der Waals surface area contributed by atoms with Crippen LogP contribution in [0, 0.1) is 6.92 Å². The average molecular weight is 214 g/mol. The normalized spacial score (nSPS) is 27.4. The summed E-state index contributed by atoms with van der Waals surface area (Å²) in [6.45, 7) is 1.65. The van der Waals surface area contributed by atoms with Gasteiger partial charge in [-0.25, -0.2) is 8.78 Å². The molecule has 1 N–H and O–H groups in total. The lowest BCUT2D eigenvalue weighted by Gasteiger charge is -2.09. The molecule has 1 aromatic heterocycles. The number of nitrogens with zero attached hydrogens (tertiary/aromatic N) is 2. The molecule has 0 aliphatic heterocycles. The van der Waals surface area contributed by atoms with Crippen LogP contribution in [0.15, 0.2) is 12.4 Å². The van der Waals surface area contributed by atoms with Crippen LogP contribution < -0.4 is 0 Å². The molecule has 1 aliphatic carbocycles. The van der Waals surface area contributed by atoms with Gasteiger partial charge in [0.2, 0.25) is 0 Å². The smallest absolute Gasteiger partial charge is 0.322 e. The standard InChI is InChI=1S/C9H8F2N2O2/c1-5-2-13-6(3-12-5)8(7(14)15)4-9(8,10)11/h2-3H,4H2,1H3,(H,14,15). The van der Waals surface area contributed by atoms with E-state index in [0.29, 0.717) is 5.69 Å². The van der Waals surface area contributed by atoms with Crippen LogP contribution in [0.2, 0.25) is 0 Å². The molecule has 0 radical (unpaired) electrons. The lowest BCUT2D eigenvalue weighted by Crippen LogP contribution is -2.28. The molecule has 0 bridgehead atoms. The number of rotatable bonds is 2. The van der Waals surface area contributed by atoms with Crippen LogP contribution >= 0.6 is 0 Å². The summed E-state index contributed by atoms with van der Waals surface area (Å²) in [7, 11) is 0. The van der Waals surface area contributed by atoms with Gasteiger partial charge in [-0.3, -0.25) is 14.8 Å². The fourth-order valence-electron chi connectivity index (χ4n) is 1.52.